The van der Waals surface area contributed by atoms with Crippen molar-refractivity contribution in [2.24, 2.45) is 5.73 Å². The molecule has 39 heavy (non-hydrogen) atoms. The van der Waals surface area contributed by atoms with Crippen molar-refractivity contribution in [3.63, 3.8) is 0 Å². The lowest BCUT2D eigenvalue weighted by atomic mass is 10.1. The molecule has 221 valence electrons. The SMILES string of the molecule is C[S+](CC[C@H](N)C([O])=O)C[C@H]1O[C@@H](n2cnc3c(N)ncnc32)[C@H](O)[C@@H]1O.O=S(=O)(O)CCCCS(=O)(=O)O. The van der Waals surface area contributed by atoms with Crippen molar-refractivity contribution in [2.75, 3.05) is 35.0 Å². The third-order valence-electron chi connectivity index (χ3n) is 5.58. The molecule has 0 spiro atoms. The summed E-state index contributed by atoms with van der Waals surface area (Å²) in [6, 6.07) is -1.02. The summed E-state index contributed by atoms with van der Waals surface area (Å²) >= 11 is 0. The minimum absolute atomic E-state index is 0.0125. The van der Waals surface area contributed by atoms with Crippen molar-refractivity contribution in [3.05, 3.63) is 12.7 Å². The quantitative estimate of drug-likeness (QED) is 0.0815. The van der Waals surface area contributed by atoms with E-state index in [2.05, 4.69) is 15.0 Å². The van der Waals surface area contributed by atoms with Gasteiger partial charge in [0.2, 0.25) is 0 Å². The Morgan fingerprint density at radius 1 is 1.10 bits per heavy atom. The van der Waals surface area contributed by atoms with Crippen LogP contribution < -0.4 is 11.5 Å². The summed E-state index contributed by atoms with van der Waals surface area (Å²) in [6.45, 7) is 0. The van der Waals surface area contributed by atoms with Gasteiger partial charge < -0.3 is 26.4 Å². The van der Waals surface area contributed by atoms with Crippen LogP contribution in [0.25, 0.3) is 11.2 Å². The second-order valence-electron chi connectivity index (χ2n) is 8.77. The van der Waals surface area contributed by atoms with E-state index in [1.165, 1.54) is 17.2 Å². The molecular weight excluding hydrogens is 584 g/mol. The molecule has 1 fully saturated rings. The van der Waals surface area contributed by atoms with Crippen LogP contribution in [0.1, 0.15) is 25.5 Å². The van der Waals surface area contributed by atoms with Gasteiger partial charge >= 0.3 is 5.97 Å². The molecule has 17 nitrogen and oxygen atoms in total. The number of unbranched alkanes of at least 4 members (excludes halogenated alkanes) is 1. The number of hydrogen-bond acceptors (Lipinski definition) is 13. The number of carbonyl (C=O) groups excluding carboxylic acids is 1. The van der Waals surface area contributed by atoms with Crippen LogP contribution in [-0.2, 0) is 45.8 Å². The zero-order chi connectivity index (χ0) is 29.5. The molecule has 1 saturated heterocycles. The highest BCUT2D eigenvalue weighted by atomic mass is 32.2. The number of rotatable bonds is 12. The van der Waals surface area contributed by atoms with Gasteiger partial charge in [-0.2, -0.15) is 16.8 Å². The Morgan fingerprint density at radius 2 is 1.69 bits per heavy atom. The van der Waals surface area contributed by atoms with Gasteiger partial charge in [0.15, 0.2) is 17.7 Å². The maximum Gasteiger partial charge on any atom is 0.372 e. The Hall–Kier alpha value is -2.17. The first-order valence-corrected chi connectivity index (χ1v) is 16.6. The van der Waals surface area contributed by atoms with Crippen LogP contribution in [0.2, 0.25) is 0 Å². The lowest BCUT2D eigenvalue weighted by molar-refractivity contribution is -0.144. The zero-order valence-electron chi connectivity index (χ0n) is 20.8. The van der Waals surface area contributed by atoms with E-state index >= 15 is 0 Å². The molecule has 3 rings (SSSR count). The Morgan fingerprint density at radius 3 is 2.23 bits per heavy atom. The highest BCUT2D eigenvalue weighted by Crippen LogP contribution is 2.32. The lowest BCUT2D eigenvalue weighted by Crippen LogP contribution is -2.37. The van der Waals surface area contributed by atoms with Crippen LogP contribution in [0, 0.1) is 0 Å². The molecular formula is C19H32N6O11S3+. The molecule has 2 aromatic rings. The number of hydrogen-bond donors (Lipinski definition) is 6. The minimum Gasteiger partial charge on any atom is -0.387 e. The highest BCUT2D eigenvalue weighted by molar-refractivity contribution is 7.96. The van der Waals surface area contributed by atoms with Crippen LogP contribution in [0.15, 0.2) is 12.7 Å². The van der Waals surface area contributed by atoms with Gasteiger partial charge in [0, 0.05) is 6.42 Å². The van der Waals surface area contributed by atoms with Gasteiger partial charge in [-0.3, -0.25) is 13.7 Å². The van der Waals surface area contributed by atoms with Crippen molar-refractivity contribution < 1.29 is 50.8 Å². The average Bonchev–Trinajstić information content (AvgIpc) is 3.37. The molecule has 0 bridgehead atoms. The number of aliphatic hydroxyl groups excluding tert-OH is 2. The molecule has 1 radical (unpaired) electrons. The summed E-state index contributed by atoms with van der Waals surface area (Å²) in [5, 5.41) is 31.5. The molecule has 0 amide bonds. The molecule has 6 atom stereocenters. The molecule has 8 N–H and O–H groups in total. The molecule has 0 aromatic carbocycles. The smallest absolute Gasteiger partial charge is 0.372 e. The summed E-state index contributed by atoms with van der Waals surface area (Å²) in [4.78, 5) is 22.8. The number of nitrogens with two attached hydrogens (primary N) is 2. The van der Waals surface area contributed by atoms with Crippen LogP contribution in [0.5, 0.6) is 0 Å². The second-order valence-corrected chi connectivity index (χ2v) is 14.2. The van der Waals surface area contributed by atoms with Crippen molar-refractivity contribution >= 4 is 54.1 Å². The molecule has 0 saturated carbocycles. The van der Waals surface area contributed by atoms with Crippen molar-refractivity contribution in [1.82, 2.24) is 19.5 Å². The Bertz CT molecular complexity index is 1290. The molecule has 20 heteroatoms. The van der Waals surface area contributed by atoms with Gasteiger partial charge in [0.1, 0.15) is 47.7 Å². The average molecular weight is 617 g/mol. The van der Waals surface area contributed by atoms with Crippen LogP contribution in [-0.4, -0.2) is 115 Å². The fourth-order valence-electron chi connectivity index (χ4n) is 3.53. The molecule has 1 aliphatic rings. The Kier molecular flexibility index (Phi) is 11.8. The number of nitrogen functional groups attached to an aromatic ring is 1. The fourth-order valence-corrected chi connectivity index (χ4v) is 6.33. The van der Waals surface area contributed by atoms with Crippen molar-refractivity contribution in [1.29, 1.82) is 0 Å². The number of aliphatic hydroxyl groups is 2. The first-order chi connectivity index (χ1) is 18.0. The monoisotopic (exact) mass is 616 g/mol. The van der Waals surface area contributed by atoms with Gasteiger partial charge in [0.25, 0.3) is 20.2 Å². The van der Waals surface area contributed by atoms with E-state index in [4.69, 9.17) is 25.3 Å². The first kappa shape index (κ1) is 33.0. The van der Waals surface area contributed by atoms with E-state index in [1.54, 1.807) is 0 Å². The number of imidazole rings is 1. The summed E-state index contributed by atoms with van der Waals surface area (Å²) in [7, 11) is -8.30. The summed E-state index contributed by atoms with van der Waals surface area (Å²) < 4.78 is 64.2. The Balaban J connectivity index is 0.000000377. The van der Waals surface area contributed by atoms with Gasteiger partial charge in [-0.15, -0.1) is 0 Å². The van der Waals surface area contributed by atoms with Gasteiger partial charge in [-0.05, 0) is 23.7 Å². The first-order valence-electron chi connectivity index (χ1n) is 11.4. The van der Waals surface area contributed by atoms with Gasteiger partial charge in [-0.1, -0.05) is 0 Å². The van der Waals surface area contributed by atoms with E-state index < -0.39 is 68.3 Å². The number of ether oxygens (including phenoxy) is 1. The largest absolute Gasteiger partial charge is 0.387 e. The minimum atomic E-state index is -4.02. The maximum absolute atomic E-state index is 10.7. The maximum atomic E-state index is 10.7. The second kappa shape index (κ2) is 13.9. The third kappa shape index (κ3) is 10.4. The molecule has 3 heterocycles. The lowest BCUT2D eigenvalue weighted by Gasteiger charge is -2.16. The standard InChI is InChI=1S/C15H22N6O5S.C4H10O6S2/c1-27(3-2-7(16)15(24)25)4-8-10(22)11(23)14(26-8)21-6-20-9-12(17)18-5-19-13(9)21;5-11(6,7)3-1-2-4-12(8,9)10/h5-8,10-11,14,22-23H,2-4,16H2,1H3,(H2,17,18,19);1-4H2,(H,5,6,7)(H,8,9,10)/q+1;/t7-,8+,10+,11+,14+,27?;/m0./s1. The number of carbonyl (C=O) groups is 1. The normalized spacial score (nSPS) is 23.2. The van der Waals surface area contributed by atoms with E-state index in [0.717, 1.165) is 0 Å². The zero-order valence-corrected chi connectivity index (χ0v) is 23.3. The van der Waals surface area contributed by atoms with Crippen molar-refractivity contribution in [2.45, 2.75) is 49.8 Å². The van der Waals surface area contributed by atoms with Crippen LogP contribution >= 0.6 is 0 Å². The third-order valence-corrected chi connectivity index (χ3v) is 9.02. The van der Waals surface area contributed by atoms with Crippen LogP contribution in [0.3, 0.4) is 0 Å². The Labute approximate surface area is 227 Å². The van der Waals surface area contributed by atoms with Gasteiger partial charge in [0.05, 0.1) is 24.1 Å². The van der Waals surface area contributed by atoms with Gasteiger partial charge in [-0.25, -0.2) is 24.9 Å². The molecule has 1 unspecified atom stereocenters. The highest BCUT2D eigenvalue weighted by Gasteiger charge is 2.46. The summed E-state index contributed by atoms with van der Waals surface area (Å²) in [5.74, 6) is -1.03. The van der Waals surface area contributed by atoms with E-state index in [1.807, 2.05) is 6.26 Å². The number of anilines is 1. The number of aromatic nitrogens is 4. The molecule has 0 aliphatic carbocycles. The fraction of sp³-hybridized carbons (Fsp3) is 0.684. The predicted molar refractivity (Wildman–Crippen MR) is 139 cm³/mol. The predicted octanol–water partition coefficient (Wildman–Crippen LogP) is -2.51. The van der Waals surface area contributed by atoms with E-state index in [-0.39, 0.29) is 36.0 Å². The van der Waals surface area contributed by atoms with E-state index in [0.29, 0.717) is 22.7 Å². The van der Waals surface area contributed by atoms with Crippen LogP contribution in [0.4, 0.5) is 5.82 Å². The molecule has 2 aromatic heterocycles. The van der Waals surface area contributed by atoms with E-state index in [9.17, 15) is 36.9 Å². The number of fused-ring (bicyclic) bond motifs is 1. The molecule has 1 aliphatic heterocycles. The van der Waals surface area contributed by atoms with Crippen molar-refractivity contribution in [3.8, 4) is 0 Å². The summed E-state index contributed by atoms with van der Waals surface area (Å²) in [5.41, 5.74) is 12.0. The summed E-state index contributed by atoms with van der Waals surface area (Å²) in [6.07, 6.45) is 1.19. The number of nitrogens with zero attached hydrogens (tertiary/aromatic N) is 4. The topological polar surface area (TPSA) is 291 Å².